The van der Waals surface area contributed by atoms with Crippen molar-refractivity contribution < 1.29 is 14.3 Å². The Morgan fingerprint density at radius 1 is 1.11 bits per heavy atom. The first-order valence-corrected chi connectivity index (χ1v) is 8.80. The molecular weight excluding hydrogens is 362 g/mol. The van der Waals surface area contributed by atoms with Crippen LogP contribution in [0.1, 0.15) is 24.3 Å². The van der Waals surface area contributed by atoms with E-state index in [0.29, 0.717) is 30.3 Å². The van der Waals surface area contributed by atoms with E-state index in [-0.39, 0.29) is 11.9 Å². The van der Waals surface area contributed by atoms with Gasteiger partial charge in [-0.3, -0.25) is 10.1 Å². The molecule has 3 aromatic rings. The van der Waals surface area contributed by atoms with Gasteiger partial charge in [0.1, 0.15) is 5.69 Å². The van der Waals surface area contributed by atoms with E-state index in [1.807, 2.05) is 13.0 Å². The van der Waals surface area contributed by atoms with Gasteiger partial charge in [-0.05, 0) is 37.6 Å². The Bertz CT molecular complexity index is 998. The van der Waals surface area contributed by atoms with Gasteiger partial charge in [0.05, 0.1) is 7.11 Å². The maximum absolute atomic E-state index is 12.5. The van der Waals surface area contributed by atoms with Gasteiger partial charge in [-0.2, -0.15) is 4.98 Å². The highest BCUT2D eigenvalue weighted by Crippen LogP contribution is 2.24. The fraction of sp³-hybridized carbons (Fsp3) is 0.278. The number of rotatable bonds is 6. The monoisotopic (exact) mass is 383 g/mol. The van der Waals surface area contributed by atoms with Crippen LogP contribution in [-0.2, 0) is 0 Å². The molecular formula is C18H21N7O3. The first-order chi connectivity index (χ1) is 13.5. The number of nitrogens with one attached hydrogen (secondary N) is 3. The SMILES string of the molecule is CCNC(=O)Nc1nc2cc(-c3ccc(OC)nc3)cc(C(=O)NCC)n2n1. The molecule has 10 nitrogen and oxygen atoms in total. The van der Waals surface area contributed by atoms with Crippen molar-refractivity contribution in [1.82, 2.24) is 30.2 Å². The zero-order valence-corrected chi connectivity index (χ0v) is 15.8. The number of methoxy groups -OCH3 is 1. The van der Waals surface area contributed by atoms with E-state index in [1.54, 1.807) is 38.4 Å². The number of ether oxygens (including phenoxy) is 1. The van der Waals surface area contributed by atoms with Crippen molar-refractivity contribution in [3.05, 3.63) is 36.2 Å². The highest BCUT2D eigenvalue weighted by atomic mass is 16.5. The summed E-state index contributed by atoms with van der Waals surface area (Å²) in [7, 11) is 1.54. The number of carbonyl (C=O) groups excluding carboxylic acids is 2. The minimum absolute atomic E-state index is 0.0986. The summed E-state index contributed by atoms with van der Waals surface area (Å²) in [6.07, 6.45) is 1.65. The van der Waals surface area contributed by atoms with Crippen molar-refractivity contribution in [2.24, 2.45) is 0 Å². The minimum atomic E-state index is -0.419. The molecule has 0 fully saturated rings. The zero-order chi connectivity index (χ0) is 20.1. The van der Waals surface area contributed by atoms with E-state index in [4.69, 9.17) is 4.74 Å². The third kappa shape index (κ3) is 4.00. The van der Waals surface area contributed by atoms with E-state index >= 15 is 0 Å². The van der Waals surface area contributed by atoms with Gasteiger partial charge in [0, 0.05) is 30.9 Å². The Labute approximate surface area is 161 Å². The number of pyridine rings is 2. The number of aromatic nitrogens is 4. The van der Waals surface area contributed by atoms with E-state index in [0.717, 1.165) is 11.1 Å². The van der Waals surface area contributed by atoms with Crippen molar-refractivity contribution in [3.8, 4) is 17.0 Å². The molecule has 3 N–H and O–H groups in total. The highest BCUT2D eigenvalue weighted by Gasteiger charge is 2.17. The number of carbonyl (C=O) groups is 2. The van der Waals surface area contributed by atoms with Crippen LogP contribution in [0.5, 0.6) is 5.88 Å². The van der Waals surface area contributed by atoms with Gasteiger partial charge < -0.3 is 15.4 Å². The number of anilines is 1. The van der Waals surface area contributed by atoms with E-state index in [9.17, 15) is 9.59 Å². The number of hydrogen-bond donors (Lipinski definition) is 3. The van der Waals surface area contributed by atoms with Gasteiger partial charge in [0.15, 0.2) is 5.65 Å². The summed E-state index contributed by atoms with van der Waals surface area (Å²) in [5.74, 6) is 0.288. The fourth-order valence-electron chi connectivity index (χ4n) is 2.59. The van der Waals surface area contributed by atoms with Crippen LogP contribution in [0.3, 0.4) is 0 Å². The lowest BCUT2D eigenvalue weighted by Gasteiger charge is -2.08. The lowest BCUT2D eigenvalue weighted by atomic mass is 10.1. The third-order valence-electron chi connectivity index (χ3n) is 3.85. The Morgan fingerprint density at radius 3 is 2.54 bits per heavy atom. The first kappa shape index (κ1) is 19.1. The topological polar surface area (TPSA) is 123 Å². The van der Waals surface area contributed by atoms with Crippen LogP contribution < -0.4 is 20.7 Å². The van der Waals surface area contributed by atoms with Gasteiger partial charge in [-0.1, -0.05) is 0 Å². The molecule has 0 aliphatic heterocycles. The molecule has 3 rings (SSSR count). The van der Waals surface area contributed by atoms with Crippen LogP contribution in [0.25, 0.3) is 16.8 Å². The van der Waals surface area contributed by atoms with Crippen LogP contribution >= 0.6 is 0 Å². The van der Waals surface area contributed by atoms with E-state index in [2.05, 4.69) is 31.0 Å². The molecule has 0 aromatic carbocycles. The molecule has 3 aromatic heterocycles. The van der Waals surface area contributed by atoms with Crippen molar-refractivity contribution in [1.29, 1.82) is 0 Å². The molecule has 0 aliphatic rings. The molecule has 3 amide bonds. The fourth-order valence-corrected chi connectivity index (χ4v) is 2.59. The standard InChI is InChI=1S/C18H21N7O3/c1-4-19-16(26)13-8-12(11-6-7-15(28-3)21-10-11)9-14-22-17(24-25(13)14)23-18(27)20-5-2/h6-10H,4-5H2,1-3H3,(H,19,26)(H2,20,23,24,27). The molecule has 0 bridgehead atoms. The molecule has 146 valence electrons. The van der Waals surface area contributed by atoms with Gasteiger partial charge in [0.25, 0.3) is 11.9 Å². The molecule has 0 aliphatic carbocycles. The largest absolute Gasteiger partial charge is 0.481 e. The van der Waals surface area contributed by atoms with Crippen LogP contribution in [0.15, 0.2) is 30.5 Å². The number of amides is 3. The van der Waals surface area contributed by atoms with Crippen molar-refractivity contribution in [2.75, 3.05) is 25.5 Å². The zero-order valence-electron chi connectivity index (χ0n) is 15.8. The van der Waals surface area contributed by atoms with Gasteiger partial charge in [0.2, 0.25) is 5.88 Å². The van der Waals surface area contributed by atoms with Crippen molar-refractivity contribution in [2.45, 2.75) is 13.8 Å². The minimum Gasteiger partial charge on any atom is -0.481 e. The van der Waals surface area contributed by atoms with E-state index < -0.39 is 6.03 Å². The molecule has 0 saturated carbocycles. The second-order valence-corrected chi connectivity index (χ2v) is 5.77. The van der Waals surface area contributed by atoms with Crippen LogP contribution in [0, 0.1) is 0 Å². The number of hydrogen-bond acceptors (Lipinski definition) is 6. The maximum atomic E-state index is 12.5. The third-order valence-corrected chi connectivity index (χ3v) is 3.85. The predicted molar refractivity (Wildman–Crippen MR) is 103 cm³/mol. The average Bonchev–Trinajstić information content (AvgIpc) is 3.09. The summed E-state index contributed by atoms with van der Waals surface area (Å²) in [6.45, 7) is 4.57. The number of nitrogens with zero attached hydrogens (tertiary/aromatic N) is 4. The summed E-state index contributed by atoms with van der Waals surface area (Å²) < 4.78 is 6.48. The predicted octanol–water partition coefficient (Wildman–Crippen LogP) is 1.69. The second kappa shape index (κ2) is 8.33. The molecule has 0 saturated heterocycles. The number of fused-ring (bicyclic) bond motifs is 1. The first-order valence-electron chi connectivity index (χ1n) is 8.80. The van der Waals surface area contributed by atoms with Gasteiger partial charge >= 0.3 is 6.03 Å². The van der Waals surface area contributed by atoms with Crippen LogP contribution in [0.4, 0.5) is 10.7 Å². The van der Waals surface area contributed by atoms with Crippen LogP contribution in [-0.4, -0.2) is 51.7 Å². The van der Waals surface area contributed by atoms with Crippen molar-refractivity contribution in [3.63, 3.8) is 0 Å². The Hall–Kier alpha value is -3.69. The normalized spacial score (nSPS) is 10.5. The Kier molecular flexibility index (Phi) is 5.68. The molecule has 0 atom stereocenters. The lowest BCUT2D eigenvalue weighted by Crippen LogP contribution is -2.28. The van der Waals surface area contributed by atoms with Gasteiger partial charge in [-0.15, -0.1) is 5.10 Å². The molecule has 28 heavy (non-hydrogen) atoms. The Balaban J connectivity index is 2.07. The molecule has 0 radical (unpaired) electrons. The van der Waals surface area contributed by atoms with Crippen LogP contribution in [0.2, 0.25) is 0 Å². The molecule has 0 spiro atoms. The van der Waals surface area contributed by atoms with E-state index in [1.165, 1.54) is 4.52 Å². The maximum Gasteiger partial charge on any atom is 0.321 e. The summed E-state index contributed by atoms with van der Waals surface area (Å²) in [5, 5.41) is 12.2. The summed E-state index contributed by atoms with van der Waals surface area (Å²) in [6, 6.07) is 6.62. The molecule has 0 unspecified atom stereocenters. The highest BCUT2D eigenvalue weighted by molar-refractivity contribution is 5.95. The molecule has 10 heteroatoms. The number of urea groups is 1. The quantitative estimate of drug-likeness (QED) is 0.595. The average molecular weight is 383 g/mol. The smallest absolute Gasteiger partial charge is 0.321 e. The second-order valence-electron chi connectivity index (χ2n) is 5.77. The molecule has 3 heterocycles. The lowest BCUT2D eigenvalue weighted by molar-refractivity contribution is 0.0948. The summed E-state index contributed by atoms with van der Waals surface area (Å²) in [5.41, 5.74) is 2.24. The Morgan fingerprint density at radius 2 is 1.89 bits per heavy atom. The summed E-state index contributed by atoms with van der Waals surface area (Å²) in [4.78, 5) is 32.8. The summed E-state index contributed by atoms with van der Waals surface area (Å²) >= 11 is 0. The van der Waals surface area contributed by atoms with Crippen molar-refractivity contribution >= 4 is 23.5 Å². The van der Waals surface area contributed by atoms with Gasteiger partial charge in [-0.25, -0.2) is 14.3 Å².